The number of rotatable bonds is 6. The van der Waals surface area contributed by atoms with E-state index in [9.17, 15) is 9.59 Å². The number of aromatic nitrogens is 2. The summed E-state index contributed by atoms with van der Waals surface area (Å²) in [6.45, 7) is 3.77. The van der Waals surface area contributed by atoms with Crippen molar-refractivity contribution in [2.24, 2.45) is 7.05 Å². The molecule has 0 saturated heterocycles. The molecule has 0 aliphatic carbocycles. The minimum Gasteiger partial charge on any atom is -0.319 e. The SMILES string of the molecule is CC[C@@H](Sc1ccc(Cl)cc1)C(=O)Nc1c(C)n(C)n(-c2ccccc2)c1=O. The molecule has 146 valence electrons. The van der Waals surface area contributed by atoms with Crippen LogP contribution in [-0.2, 0) is 11.8 Å². The number of hydrogen-bond donors (Lipinski definition) is 1. The average Bonchev–Trinajstić information content (AvgIpc) is 2.91. The van der Waals surface area contributed by atoms with Gasteiger partial charge in [-0.25, -0.2) is 4.68 Å². The fourth-order valence-corrected chi connectivity index (χ4v) is 4.00. The molecule has 1 atom stereocenters. The molecule has 3 rings (SSSR count). The molecule has 0 aliphatic rings. The highest BCUT2D eigenvalue weighted by atomic mass is 35.5. The molecule has 0 bridgehead atoms. The van der Waals surface area contributed by atoms with Gasteiger partial charge in [-0.05, 0) is 49.7 Å². The second-order valence-electron chi connectivity index (χ2n) is 6.39. The molecule has 1 amide bonds. The molecular formula is C21H22ClN3O2S. The summed E-state index contributed by atoms with van der Waals surface area (Å²) in [6, 6.07) is 16.7. The number of thioether (sulfide) groups is 1. The van der Waals surface area contributed by atoms with Gasteiger partial charge in [0.2, 0.25) is 5.91 Å². The van der Waals surface area contributed by atoms with Gasteiger partial charge in [0.1, 0.15) is 5.69 Å². The average molecular weight is 416 g/mol. The molecule has 0 radical (unpaired) electrons. The molecule has 28 heavy (non-hydrogen) atoms. The first-order valence-corrected chi connectivity index (χ1v) is 10.2. The molecule has 1 heterocycles. The van der Waals surface area contributed by atoms with Crippen LogP contribution in [0.3, 0.4) is 0 Å². The second kappa shape index (κ2) is 8.71. The lowest BCUT2D eigenvalue weighted by atomic mass is 10.3. The smallest absolute Gasteiger partial charge is 0.295 e. The lowest BCUT2D eigenvalue weighted by molar-refractivity contribution is -0.115. The van der Waals surface area contributed by atoms with Crippen molar-refractivity contribution in [3.05, 3.63) is 75.7 Å². The second-order valence-corrected chi connectivity index (χ2v) is 8.11. The molecule has 0 unspecified atom stereocenters. The number of nitrogens with one attached hydrogen (secondary N) is 1. The highest BCUT2D eigenvalue weighted by Gasteiger charge is 2.23. The van der Waals surface area contributed by atoms with Crippen LogP contribution < -0.4 is 10.9 Å². The van der Waals surface area contributed by atoms with Gasteiger partial charge in [0, 0.05) is 17.0 Å². The number of nitrogens with zero attached hydrogens (tertiary/aromatic N) is 2. The van der Waals surface area contributed by atoms with E-state index in [1.165, 1.54) is 11.8 Å². The number of para-hydroxylation sites is 1. The van der Waals surface area contributed by atoms with Crippen molar-refractivity contribution in [1.82, 2.24) is 9.36 Å². The number of hydrogen-bond acceptors (Lipinski definition) is 3. The standard InChI is InChI=1S/C21H22ClN3O2S/c1-4-18(28-17-12-10-15(22)11-13-17)20(26)23-19-14(2)24(3)25(21(19)27)16-8-6-5-7-9-16/h5-13,18H,4H2,1-3H3,(H,23,26)/t18-/m1/s1. The molecule has 0 saturated carbocycles. The van der Waals surface area contributed by atoms with Crippen LogP contribution in [0.2, 0.25) is 5.02 Å². The Morgan fingerprint density at radius 3 is 2.39 bits per heavy atom. The summed E-state index contributed by atoms with van der Waals surface area (Å²) in [7, 11) is 1.80. The summed E-state index contributed by atoms with van der Waals surface area (Å²) in [5.41, 5.74) is 1.52. The summed E-state index contributed by atoms with van der Waals surface area (Å²) in [5.74, 6) is -0.187. The molecule has 3 aromatic rings. The van der Waals surface area contributed by atoms with Crippen LogP contribution >= 0.6 is 23.4 Å². The van der Waals surface area contributed by atoms with E-state index in [4.69, 9.17) is 11.6 Å². The van der Waals surface area contributed by atoms with Crippen molar-refractivity contribution < 1.29 is 4.79 Å². The Balaban J connectivity index is 1.85. The first kappa shape index (κ1) is 20.3. The highest BCUT2D eigenvalue weighted by Crippen LogP contribution is 2.27. The van der Waals surface area contributed by atoms with Crippen LogP contribution in [0.5, 0.6) is 0 Å². The van der Waals surface area contributed by atoms with Gasteiger partial charge in [0.05, 0.1) is 16.6 Å². The summed E-state index contributed by atoms with van der Waals surface area (Å²) < 4.78 is 3.30. The van der Waals surface area contributed by atoms with Crippen molar-refractivity contribution >= 4 is 35.0 Å². The topological polar surface area (TPSA) is 56.0 Å². The zero-order valence-electron chi connectivity index (χ0n) is 16.0. The summed E-state index contributed by atoms with van der Waals surface area (Å²) in [4.78, 5) is 26.8. The van der Waals surface area contributed by atoms with E-state index < -0.39 is 0 Å². The quantitative estimate of drug-likeness (QED) is 0.596. The van der Waals surface area contributed by atoms with E-state index in [0.717, 1.165) is 10.6 Å². The predicted molar refractivity (Wildman–Crippen MR) is 116 cm³/mol. The van der Waals surface area contributed by atoms with E-state index in [1.807, 2.05) is 56.3 Å². The molecule has 0 aliphatic heterocycles. The minimum atomic E-state index is -0.314. The van der Waals surface area contributed by atoms with E-state index >= 15 is 0 Å². The van der Waals surface area contributed by atoms with Crippen LogP contribution in [0.15, 0.2) is 64.3 Å². The van der Waals surface area contributed by atoms with Gasteiger partial charge in [0.15, 0.2) is 0 Å². The van der Waals surface area contributed by atoms with E-state index in [0.29, 0.717) is 22.8 Å². The fourth-order valence-electron chi connectivity index (χ4n) is 2.92. The number of anilines is 1. The first-order valence-electron chi connectivity index (χ1n) is 8.99. The zero-order chi connectivity index (χ0) is 20.3. The zero-order valence-corrected chi connectivity index (χ0v) is 17.6. The summed E-state index contributed by atoms with van der Waals surface area (Å²) in [6.07, 6.45) is 0.637. The first-order chi connectivity index (χ1) is 13.4. The van der Waals surface area contributed by atoms with Crippen LogP contribution in [0.25, 0.3) is 5.69 Å². The molecule has 0 fully saturated rings. The predicted octanol–water partition coefficient (Wildman–Crippen LogP) is 4.65. The van der Waals surface area contributed by atoms with Gasteiger partial charge < -0.3 is 5.32 Å². The van der Waals surface area contributed by atoms with Crippen molar-refractivity contribution in [2.75, 3.05) is 5.32 Å². The van der Waals surface area contributed by atoms with Gasteiger partial charge in [-0.3, -0.25) is 14.3 Å². The molecule has 5 nitrogen and oxygen atoms in total. The maximum absolute atomic E-state index is 13.0. The Hall–Kier alpha value is -2.44. The number of carbonyl (C=O) groups excluding carboxylic acids is 1. The van der Waals surface area contributed by atoms with Gasteiger partial charge in [-0.15, -0.1) is 11.8 Å². The molecule has 7 heteroatoms. The minimum absolute atomic E-state index is 0.187. The molecule has 2 aromatic carbocycles. The third kappa shape index (κ3) is 4.18. The Morgan fingerprint density at radius 2 is 1.79 bits per heavy atom. The lowest BCUT2D eigenvalue weighted by Gasteiger charge is -2.14. The van der Waals surface area contributed by atoms with Crippen LogP contribution in [0.4, 0.5) is 5.69 Å². The van der Waals surface area contributed by atoms with Crippen molar-refractivity contribution in [1.29, 1.82) is 0 Å². The number of benzene rings is 2. The maximum atomic E-state index is 13.0. The van der Waals surface area contributed by atoms with Crippen LogP contribution in [0, 0.1) is 6.92 Å². The molecule has 1 aromatic heterocycles. The number of halogens is 1. The molecular weight excluding hydrogens is 394 g/mol. The summed E-state index contributed by atoms with van der Waals surface area (Å²) >= 11 is 7.38. The van der Waals surface area contributed by atoms with Crippen molar-refractivity contribution in [3.8, 4) is 5.69 Å². The number of amides is 1. The molecule has 1 N–H and O–H groups in total. The third-order valence-corrected chi connectivity index (χ3v) is 6.19. The van der Waals surface area contributed by atoms with Crippen molar-refractivity contribution in [2.45, 2.75) is 30.4 Å². The molecule has 0 spiro atoms. The van der Waals surface area contributed by atoms with E-state index in [-0.39, 0.29) is 16.7 Å². The van der Waals surface area contributed by atoms with E-state index in [1.54, 1.807) is 28.5 Å². The monoisotopic (exact) mass is 415 g/mol. The maximum Gasteiger partial charge on any atom is 0.295 e. The van der Waals surface area contributed by atoms with Crippen molar-refractivity contribution in [3.63, 3.8) is 0 Å². The Bertz CT molecular complexity index is 1030. The van der Waals surface area contributed by atoms with Crippen LogP contribution in [0.1, 0.15) is 19.0 Å². The van der Waals surface area contributed by atoms with Gasteiger partial charge in [-0.1, -0.05) is 36.7 Å². The Morgan fingerprint density at radius 1 is 1.14 bits per heavy atom. The third-order valence-electron chi connectivity index (χ3n) is 4.56. The highest BCUT2D eigenvalue weighted by molar-refractivity contribution is 8.00. The Kier molecular flexibility index (Phi) is 6.31. The van der Waals surface area contributed by atoms with E-state index in [2.05, 4.69) is 5.32 Å². The summed E-state index contributed by atoms with van der Waals surface area (Å²) in [5, 5.41) is 3.19. The number of carbonyl (C=O) groups is 1. The fraction of sp³-hybridized carbons (Fsp3) is 0.238. The largest absolute Gasteiger partial charge is 0.319 e. The Labute approximate surface area is 173 Å². The van der Waals surface area contributed by atoms with Gasteiger partial charge in [0.25, 0.3) is 5.56 Å². The van der Waals surface area contributed by atoms with Crippen LogP contribution in [-0.4, -0.2) is 20.5 Å². The van der Waals surface area contributed by atoms with Gasteiger partial charge in [-0.2, -0.15) is 0 Å². The lowest BCUT2D eigenvalue weighted by Crippen LogP contribution is -2.28. The van der Waals surface area contributed by atoms with Gasteiger partial charge >= 0.3 is 0 Å². The normalized spacial score (nSPS) is 12.0.